The van der Waals surface area contributed by atoms with Crippen molar-refractivity contribution < 1.29 is 19.4 Å². The minimum Gasteiger partial charge on any atom is -0.480 e. The fraction of sp³-hybridized carbons (Fsp3) is 0.467. The lowest BCUT2D eigenvalue weighted by molar-refractivity contribution is -0.144. The predicted octanol–water partition coefficient (Wildman–Crippen LogP) is 1.22. The Morgan fingerprint density at radius 2 is 2.10 bits per heavy atom. The van der Waals surface area contributed by atoms with Gasteiger partial charge in [0, 0.05) is 13.0 Å². The van der Waals surface area contributed by atoms with Crippen LogP contribution in [-0.2, 0) is 20.7 Å². The molecular weight excluding hydrogens is 258 g/mol. The quantitative estimate of drug-likeness (QED) is 0.848. The van der Waals surface area contributed by atoms with Gasteiger partial charge in [-0.3, -0.25) is 4.79 Å². The van der Waals surface area contributed by atoms with Gasteiger partial charge in [0.2, 0.25) is 5.91 Å². The number of benzene rings is 1. The summed E-state index contributed by atoms with van der Waals surface area (Å²) < 4.78 is 5.35. The van der Waals surface area contributed by atoms with Crippen molar-refractivity contribution in [2.24, 2.45) is 5.92 Å². The van der Waals surface area contributed by atoms with E-state index in [1.807, 2.05) is 37.3 Å². The maximum atomic E-state index is 12.1. The molecule has 5 heteroatoms. The van der Waals surface area contributed by atoms with Gasteiger partial charge in [-0.1, -0.05) is 37.3 Å². The first-order valence-corrected chi connectivity index (χ1v) is 6.76. The molecule has 2 rings (SSSR count). The second-order valence-electron chi connectivity index (χ2n) is 5.15. The Kier molecular flexibility index (Phi) is 4.74. The van der Waals surface area contributed by atoms with Crippen LogP contribution in [0.2, 0.25) is 0 Å². The summed E-state index contributed by atoms with van der Waals surface area (Å²) in [7, 11) is 0. The molecule has 5 nitrogen and oxygen atoms in total. The molecule has 1 saturated heterocycles. The van der Waals surface area contributed by atoms with Crippen molar-refractivity contribution in [3.63, 3.8) is 0 Å². The second kappa shape index (κ2) is 6.52. The third-order valence-corrected chi connectivity index (χ3v) is 3.54. The maximum Gasteiger partial charge on any atom is 0.326 e. The average Bonchev–Trinajstić information content (AvgIpc) is 2.85. The molecule has 0 aliphatic carbocycles. The molecule has 1 aliphatic heterocycles. The van der Waals surface area contributed by atoms with E-state index in [-0.39, 0.29) is 18.2 Å². The fourth-order valence-corrected chi connectivity index (χ4v) is 2.33. The fourth-order valence-electron chi connectivity index (χ4n) is 2.33. The number of nitrogens with one attached hydrogen (secondary N) is 1. The third-order valence-electron chi connectivity index (χ3n) is 3.54. The van der Waals surface area contributed by atoms with Crippen LogP contribution in [-0.4, -0.2) is 35.7 Å². The standard InChI is InChI=1S/C15H19NO4/c1-10-7-8-20-13(10)14(17)16-12(15(18)19)9-11-5-3-2-4-6-11/h2-6,10,12-13H,7-9H2,1H3,(H,16,17)(H,18,19). The molecule has 1 aliphatic rings. The van der Waals surface area contributed by atoms with Crippen molar-refractivity contribution in [2.75, 3.05) is 6.61 Å². The topological polar surface area (TPSA) is 75.6 Å². The Morgan fingerprint density at radius 1 is 1.40 bits per heavy atom. The molecule has 0 radical (unpaired) electrons. The van der Waals surface area contributed by atoms with E-state index in [0.29, 0.717) is 6.61 Å². The molecule has 0 aromatic heterocycles. The van der Waals surface area contributed by atoms with Crippen LogP contribution in [0.1, 0.15) is 18.9 Å². The van der Waals surface area contributed by atoms with Gasteiger partial charge in [-0.25, -0.2) is 4.79 Å². The molecule has 3 unspecified atom stereocenters. The zero-order valence-electron chi connectivity index (χ0n) is 11.4. The van der Waals surface area contributed by atoms with Crippen LogP contribution in [0.5, 0.6) is 0 Å². The average molecular weight is 277 g/mol. The van der Waals surface area contributed by atoms with Crippen molar-refractivity contribution >= 4 is 11.9 Å². The highest BCUT2D eigenvalue weighted by Gasteiger charge is 2.33. The van der Waals surface area contributed by atoms with Gasteiger partial charge >= 0.3 is 5.97 Å². The molecule has 0 spiro atoms. The lowest BCUT2D eigenvalue weighted by Gasteiger charge is -2.19. The number of carboxylic acids is 1. The van der Waals surface area contributed by atoms with Crippen LogP contribution in [0.25, 0.3) is 0 Å². The number of hydrogen-bond donors (Lipinski definition) is 2. The Hall–Kier alpha value is -1.88. The lowest BCUT2D eigenvalue weighted by Crippen LogP contribution is -2.47. The first kappa shape index (κ1) is 14.5. The highest BCUT2D eigenvalue weighted by atomic mass is 16.5. The Bertz CT molecular complexity index is 474. The summed E-state index contributed by atoms with van der Waals surface area (Å²) in [5.41, 5.74) is 0.876. The van der Waals surface area contributed by atoms with Crippen LogP contribution in [0.4, 0.5) is 0 Å². The van der Waals surface area contributed by atoms with Crippen molar-refractivity contribution in [2.45, 2.75) is 31.9 Å². The van der Waals surface area contributed by atoms with Crippen molar-refractivity contribution in [1.29, 1.82) is 0 Å². The zero-order valence-corrected chi connectivity index (χ0v) is 11.4. The Labute approximate surface area is 117 Å². The SMILES string of the molecule is CC1CCOC1C(=O)NC(Cc1ccccc1)C(=O)O. The summed E-state index contributed by atoms with van der Waals surface area (Å²) in [6.45, 7) is 2.49. The third kappa shape index (κ3) is 3.57. The minimum absolute atomic E-state index is 0.126. The second-order valence-corrected chi connectivity index (χ2v) is 5.15. The molecule has 1 fully saturated rings. The van der Waals surface area contributed by atoms with E-state index in [0.717, 1.165) is 12.0 Å². The van der Waals surface area contributed by atoms with Gasteiger partial charge in [0.1, 0.15) is 12.1 Å². The van der Waals surface area contributed by atoms with Crippen LogP contribution in [0, 0.1) is 5.92 Å². The zero-order chi connectivity index (χ0) is 14.5. The van der Waals surface area contributed by atoms with Crippen molar-refractivity contribution in [3.05, 3.63) is 35.9 Å². The number of aliphatic carboxylic acids is 1. The molecule has 1 amide bonds. The van der Waals surface area contributed by atoms with Gasteiger partial charge in [-0.2, -0.15) is 0 Å². The highest BCUT2D eigenvalue weighted by Crippen LogP contribution is 2.20. The van der Waals surface area contributed by atoms with Crippen LogP contribution in [0.15, 0.2) is 30.3 Å². The van der Waals surface area contributed by atoms with E-state index in [1.54, 1.807) is 0 Å². The van der Waals surface area contributed by atoms with Gasteiger partial charge in [0.15, 0.2) is 0 Å². The monoisotopic (exact) mass is 277 g/mol. The number of carbonyl (C=O) groups is 2. The molecule has 1 aromatic rings. The van der Waals surface area contributed by atoms with E-state index in [9.17, 15) is 14.7 Å². The van der Waals surface area contributed by atoms with E-state index < -0.39 is 18.1 Å². The first-order chi connectivity index (χ1) is 9.58. The number of carboxylic acid groups (broad SMARTS) is 1. The number of amides is 1. The summed E-state index contributed by atoms with van der Waals surface area (Å²) >= 11 is 0. The van der Waals surface area contributed by atoms with E-state index >= 15 is 0 Å². The Balaban J connectivity index is 1.99. The summed E-state index contributed by atoms with van der Waals surface area (Å²) in [6, 6.07) is 8.32. The number of rotatable bonds is 5. The molecule has 0 saturated carbocycles. The van der Waals surface area contributed by atoms with Gasteiger partial charge in [0.25, 0.3) is 0 Å². The van der Waals surface area contributed by atoms with E-state index in [4.69, 9.17) is 4.74 Å². The largest absolute Gasteiger partial charge is 0.480 e. The molecule has 2 N–H and O–H groups in total. The normalized spacial score (nSPS) is 23.2. The maximum absolute atomic E-state index is 12.1. The van der Waals surface area contributed by atoms with E-state index in [1.165, 1.54) is 0 Å². The smallest absolute Gasteiger partial charge is 0.326 e. The molecule has 0 bridgehead atoms. The molecule has 108 valence electrons. The lowest BCUT2D eigenvalue weighted by atomic mass is 10.0. The number of hydrogen-bond acceptors (Lipinski definition) is 3. The number of carbonyl (C=O) groups excluding carboxylic acids is 1. The molecular formula is C15H19NO4. The van der Waals surface area contributed by atoms with Gasteiger partial charge in [-0.15, -0.1) is 0 Å². The summed E-state index contributed by atoms with van der Waals surface area (Å²) in [4.78, 5) is 23.3. The van der Waals surface area contributed by atoms with Crippen LogP contribution < -0.4 is 5.32 Å². The van der Waals surface area contributed by atoms with Crippen molar-refractivity contribution in [1.82, 2.24) is 5.32 Å². The number of ether oxygens (including phenoxy) is 1. The summed E-state index contributed by atoms with van der Waals surface area (Å²) in [5, 5.41) is 11.8. The molecule has 3 atom stereocenters. The summed E-state index contributed by atoms with van der Waals surface area (Å²) in [5.74, 6) is -1.24. The van der Waals surface area contributed by atoms with Gasteiger partial charge in [0.05, 0.1) is 0 Å². The van der Waals surface area contributed by atoms with E-state index in [2.05, 4.69) is 5.32 Å². The predicted molar refractivity (Wildman–Crippen MR) is 73.2 cm³/mol. The minimum atomic E-state index is -1.03. The Morgan fingerprint density at radius 3 is 2.65 bits per heavy atom. The van der Waals surface area contributed by atoms with Gasteiger partial charge < -0.3 is 15.2 Å². The van der Waals surface area contributed by atoms with Gasteiger partial charge in [-0.05, 0) is 17.9 Å². The van der Waals surface area contributed by atoms with Crippen LogP contribution >= 0.6 is 0 Å². The molecule has 1 aromatic carbocycles. The molecule has 20 heavy (non-hydrogen) atoms. The van der Waals surface area contributed by atoms with Crippen molar-refractivity contribution in [3.8, 4) is 0 Å². The molecule has 1 heterocycles. The summed E-state index contributed by atoms with van der Waals surface area (Å²) in [6.07, 6.45) is 0.560. The first-order valence-electron chi connectivity index (χ1n) is 6.76. The van der Waals surface area contributed by atoms with Crippen LogP contribution in [0.3, 0.4) is 0 Å². The highest BCUT2D eigenvalue weighted by molar-refractivity contribution is 5.86.